The number of rotatable bonds is 10. The van der Waals surface area contributed by atoms with Crippen LogP contribution in [0.3, 0.4) is 0 Å². The van der Waals surface area contributed by atoms with Crippen LogP contribution in [0.15, 0.2) is 73.1 Å². The Labute approximate surface area is 227 Å². The third-order valence-corrected chi connectivity index (χ3v) is 7.22. The number of benzene rings is 2. The van der Waals surface area contributed by atoms with E-state index in [4.69, 9.17) is 5.73 Å². The van der Waals surface area contributed by atoms with Gasteiger partial charge in [0, 0.05) is 42.2 Å². The summed E-state index contributed by atoms with van der Waals surface area (Å²) in [4.78, 5) is 51.0. The van der Waals surface area contributed by atoms with E-state index in [1.165, 1.54) is 11.3 Å². The van der Waals surface area contributed by atoms with Crippen molar-refractivity contribution in [2.24, 2.45) is 5.73 Å². The van der Waals surface area contributed by atoms with Crippen LogP contribution in [0, 0.1) is 6.92 Å². The van der Waals surface area contributed by atoms with Crippen molar-refractivity contribution < 1.29 is 14.4 Å². The molecule has 0 spiro atoms. The number of anilines is 2. The number of nitrogens with two attached hydrogens (primary N) is 1. The number of primary amides is 1. The van der Waals surface area contributed by atoms with Crippen molar-refractivity contribution in [3.63, 3.8) is 0 Å². The zero-order valence-electron chi connectivity index (χ0n) is 21.0. The molecule has 0 aliphatic heterocycles. The summed E-state index contributed by atoms with van der Waals surface area (Å²) in [5.41, 5.74) is 9.43. The number of Topliss-reactive ketones (excluding diaryl/α,β-unsaturated/α-hetero) is 1. The van der Waals surface area contributed by atoms with Crippen molar-refractivity contribution in [2.75, 3.05) is 17.2 Å². The van der Waals surface area contributed by atoms with Crippen molar-refractivity contribution in [1.29, 1.82) is 0 Å². The Balaban J connectivity index is 1.39. The Morgan fingerprint density at radius 1 is 1.03 bits per heavy atom. The molecule has 2 amide bonds. The second-order valence-corrected chi connectivity index (χ2v) is 9.78. The number of carbonyl (C=O) groups excluding carboxylic acids is 3. The number of nitrogens with one attached hydrogen (secondary N) is 2. The Morgan fingerprint density at radius 2 is 1.85 bits per heavy atom. The number of carbonyl (C=O) groups is 3. The van der Waals surface area contributed by atoms with Gasteiger partial charge in [-0.1, -0.05) is 30.3 Å². The summed E-state index contributed by atoms with van der Waals surface area (Å²) in [7, 11) is 0. The minimum Gasteiger partial charge on any atom is -0.378 e. The van der Waals surface area contributed by atoms with Crippen LogP contribution in [0.4, 0.5) is 11.6 Å². The Bertz CT molecular complexity index is 1660. The van der Waals surface area contributed by atoms with Crippen molar-refractivity contribution >= 4 is 51.6 Å². The van der Waals surface area contributed by atoms with E-state index in [1.54, 1.807) is 42.1 Å². The lowest BCUT2D eigenvalue weighted by atomic mass is 10.1. The average Bonchev–Trinajstić information content (AvgIpc) is 3.50. The fourth-order valence-corrected chi connectivity index (χ4v) is 5.02. The maximum Gasteiger partial charge on any atom is 0.269 e. The molecule has 0 aliphatic carbocycles. The molecule has 5 aromatic rings. The number of amides is 2. The number of fused-ring (bicyclic) bond motifs is 1. The highest BCUT2D eigenvalue weighted by atomic mass is 32.1. The van der Waals surface area contributed by atoms with Gasteiger partial charge in [-0.15, -0.1) is 11.3 Å². The van der Waals surface area contributed by atoms with E-state index >= 15 is 0 Å². The summed E-state index contributed by atoms with van der Waals surface area (Å²) in [5.74, 6) is -0.584. The molecule has 0 aliphatic rings. The van der Waals surface area contributed by atoms with E-state index in [1.807, 2.05) is 42.5 Å². The van der Waals surface area contributed by atoms with Crippen LogP contribution in [0.2, 0.25) is 0 Å². The van der Waals surface area contributed by atoms with Crippen LogP contribution in [0.25, 0.3) is 21.6 Å². The molecule has 2 aromatic carbocycles. The molecular weight excluding hydrogens is 514 g/mol. The van der Waals surface area contributed by atoms with E-state index in [-0.39, 0.29) is 37.1 Å². The van der Waals surface area contributed by atoms with Gasteiger partial charge in [-0.25, -0.2) is 9.97 Å². The van der Waals surface area contributed by atoms with Crippen molar-refractivity contribution in [3.8, 4) is 10.6 Å². The van der Waals surface area contributed by atoms with Gasteiger partial charge in [0.1, 0.15) is 9.88 Å². The number of thiazole rings is 1. The molecule has 0 fully saturated rings. The molecule has 4 N–H and O–H groups in total. The highest BCUT2D eigenvalue weighted by Crippen LogP contribution is 2.29. The molecule has 0 unspecified atom stereocenters. The number of aromatic nitrogens is 4. The van der Waals surface area contributed by atoms with Gasteiger partial charge in [-0.3, -0.25) is 24.7 Å². The highest BCUT2D eigenvalue weighted by molar-refractivity contribution is 7.17. The fraction of sp³-hybridized carbons (Fsp3) is 0.143. The minimum absolute atomic E-state index is 0.0405. The first-order valence-corrected chi connectivity index (χ1v) is 13.0. The standard InChI is InChI=1S/C28H25N7O3S/c1-17-25(39-27(32-17)19-8-5-12-30-15-19)26(38)34-28-33-21-14-20(9-10-22(21)35(28)13-11-24(29)37)31-16-23(36)18-6-3-2-4-7-18/h2-10,12,14-15,31H,11,13,16H2,1H3,(H2,29,37)(H,33,34,38). The van der Waals surface area contributed by atoms with Gasteiger partial charge >= 0.3 is 0 Å². The Morgan fingerprint density at radius 3 is 2.59 bits per heavy atom. The molecule has 0 saturated carbocycles. The third-order valence-electron chi connectivity index (χ3n) is 6.02. The monoisotopic (exact) mass is 539 g/mol. The molecule has 0 saturated heterocycles. The van der Waals surface area contributed by atoms with Gasteiger partial charge in [0.15, 0.2) is 5.78 Å². The smallest absolute Gasteiger partial charge is 0.269 e. The maximum absolute atomic E-state index is 13.3. The highest BCUT2D eigenvalue weighted by Gasteiger charge is 2.20. The number of hydrogen-bond acceptors (Lipinski definition) is 8. The first-order valence-electron chi connectivity index (χ1n) is 12.2. The minimum atomic E-state index is -0.466. The number of ketones is 1. The zero-order valence-corrected chi connectivity index (χ0v) is 21.9. The number of hydrogen-bond donors (Lipinski definition) is 3. The van der Waals surface area contributed by atoms with E-state index in [0.717, 1.165) is 5.56 Å². The number of imidazole rings is 1. The summed E-state index contributed by atoms with van der Waals surface area (Å²) in [5, 5.41) is 6.70. The van der Waals surface area contributed by atoms with Gasteiger partial charge in [0.05, 0.1) is 23.3 Å². The first-order chi connectivity index (χ1) is 18.9. The van der Waals surface area contributed by atoms with E-state index in [0.29, 0.717) is 37.9 Å². The van der Waals surface area contributed by atoms with Crippen molar-refractivity contribution in [2.45, 2.75) is 19.9 Å². The molecule has 0 bridgehead atoms. The molecule has 3 heterocycles. The van der Waals surface area contributed by atoms with Gasteiger partial charge in [0.25, 0.3) is 5.91 Å². The second kappa shape index (κ2) is 11.2. The summed E-state index contributed by atoms with van der Waals surface area (Å²) in [6.45, 7) is 2.13. The quantitative estimate of drug-likeness (QED) is 0.225. The lowest BCUT2D eigenvalue weighted by molar-refractivity contribution is -0.118. The third kappa shape index (κ3) is 5.83. The summed E-state index contributed by atoms with van der Waals surface area (Å²) < 4.78 is 1.75. The molecule has 11 heteroatoms. The summed E-state index contributed by atoms with van der Waals surface area (Å²) in [6.07, 6.45) is 3.45. The van der Waals surface area contributed by atoms with Gasteiger partial charge < -0.3 is 15.6 Å². The lowest BCUT2D eigenvalue weighted by Crippen LogP contribution is -2.18. The van der Waals surface area contributed by atoms with Crippen LogP contribution in [0.1, 0.15) is 32.1 Å². The van der Waals surface area contributed by atoms with Gasteiger partial charge in [-0.2, -0.15) is 0 Å². The van der Waals surface area contributed by atoms with Crippen LogP contribution >= 0.6 is 11.3 Å². The molecular formula is C28H25N7O3S. The van der Waals surface area contributed by atoms with Crippen LogP contribution in [0.5, 0.6) is 0 Å². The topological polar surface area (TPSA) is 145 Å². The Kier molecular flexibility index (Phi) is 7.41. The molecule has 39 heavy (non-hydrogen) atoms. The van der Waals surface area contributed by atoms with E-state index < -0.39 is 5.91 Å². The normalized spacial score (nSPS) is 10.9. The molecule has 0 atom stereocenters. The van der Waals surface area contributed by atoms with Crippen LogP contribution in [-0.4, -0.2) is 43.7 Å². The average molecular weight is 540 g/mol. The van der Waals surface area contributed by atoms with Crippen molar-refractivity contribution in [1.82, 2.24) is 19.5 Å². The van der Waals surface area contributed by atoms with Crippen LogP contribution < -0.4 is 16.4 Å². The van der Waals surface area contributed by atoms with Gasteiger partial charge in [0.2, 0.25) is 11.9 Å². The number of aryl methyl sites for hydroxylation is 2. The molecule has 0 radical (unpaired) electrons. The van der Waals surface area contributed by atoms with Gasteiger partial charge in [-0.05, 0) is 37.3 Å². The van der Waals surface area contributed by atoms with E-state index in [9.17, 15) is 14.4 Å². The maximum atomic E-state index is 13.3. The summed E-state index contributed by atoms with van der Waals surface area (Å²) >= 11 is 1.26. The Hall–Kier alpha value is -4.90. The molecule has 5 rings (SSSR count). The van der Waals surface area contributed by atoms with E-state index in [2.05, 4.69) is 25.6 Å². The van der Waals surface area contributed by atoms with Crippen LogP contribution in [-0.2, 0) is 11.3 Å². The predicted molar refractivity (Wildman–Crippen MR) is 151 cm³/mol. The zero-order chi connectivity index (χ0) is 27.4. The summed E-state index contributed by atoms with van der Waals surface area (Å²) in [6, 6.07) is 18.2. The molecule has 3 aromatic heterocycles. The number of nitrogens with zero attached hydrogens (tertiary/aromatic N) is 4. The second-order valence-electron chi connectivity index (χ2n) is 8.78. The first kappa shape index (κ1) is 25.7. The lowest BCUT2D eigenvalue weighted by Gasteiger charge is -2.09. The largest absolute Gasteiger partial charge is 0.378 e. The van der Waals surface area contributed by atoms with Crippen molar-refractivity contribution in [3.05, 3.63) is 89.2 Å². The molecule has 196 valence electrons. The number of pyridine rings is 1. The SMILES string of the molecule is Cc1nc(-c2cccnc2)sc1C(=O)Nc1nc2cc(NCC(=O)c3ccccc3)ccc2n1CCC(N)=O. The molecule has 10 nitrogen and oxygen atoms in total. The fourth-order valence-electron chi connectivity index (χ4n) is 4.07. The predicted octanol–water partition coefficient (Wildman–Crippen LogP) is 4.29.